The number of ether oxygens (including phenoxy) is 3. The van der Waals surface area contributed by atoms with E-state index in [-0.39, 0.29) is 18.8 Å². The van der Waals surface area contributed by atoms with E-state index in [0.717, 1.165) is 5.56 Å². The van der Waals surface area contributed by atoms with Crippen molar-refractivity contribution in [1.29, 1.82) is 0 Å². The van der Waals surface area contributed by atoms with E-state index in [0.29, 0.717) is 29.9 Å². The number of amides is 4. The van der Waals surface area contributed by atoms with Gasteiger partial charge in [-0.3, -0.25) is 20.2 Å². The van der Waals surface area contributed by atoms with E-state index >= 15 is 0 Å². The number of hydrogen-bond acceptors (Lipinski definition) is 9. The minimum atomic E-state index is -1.94. The van der Waals surface area contributed by atoms with Crippen molar-refractivity contribution in [2.75, 3.05) is 13.2 Å². The van der Waals surface area contributed by atoms with E-state index in [2.05, 4.69) is 20.8 Å². The van der Waals surface area contributed by atoms with Crippen LogP contribution in [0.1, 0.15) is 19.2 Å². The fraction of sp³-hybridized carbons (Fsp3) is 0.261. The van der Waals surface area contributed by atoms with Crippen molar-refractivity contribution in [1.82, 2.24) is 20.8 Å². The van der Waals surface area contributed by atoms with Crippen LogP contribution in [-0.2, 0) is 14.3 Å². The summed E-state index contributed by atoms with van der Waals surface area (Å²) in [7, 11) is 0. The van der Waals surface area contributed by atoms with E-state index < -0.39 is 23.4 Å². The summed E-state index contributed by atoms with van der Waals surface area (Å²) in [6.07, 6.45) is -0.0735. The first-order valence-corrected chi connectivity index (χ1v) is 10.5. The maximum absolute atomic E-state index is 12.6. The van der Waals surface area contributed by atoms with Gasteiger partial charge in [0, 0.05) is 25.5 Å². The van der Waals surface area contributed by atoms with Crippen LogP contribution in [0, 0.1) is 6.92 Å². The molecule has 176 valence electrons. The lowest BCUT2D eigenvalue weighted by Gasteiger charge is -2.34. The maximum atomic E-state index is 12.6. The van der Waals surface area contributed by atoms with Crippen molar-refractivity contribution >= 4 is 17.8 Å². The van der Waals surface area contributed by atoms with Gasteiger partial charge in [-0.05, 0) is 55.5 Å². The monoisotopic (exact) mass is 466 g/mol. The highest BCUT2D eigenvalue weighted by Crippen LogP contribution is 2.29. The number of carbonyl (C=O) groups is 3. The van der Waals surface area contributed by atoms with E-state index in [1.54, 1.807) is 62.4 Å². The third kappa shape index (κ3) is 4.89. The highest BCUT2D eigenvalue weighted by Gasteiger charge is 2.52. The van der Waals surface area contributed by atoms with Crippen LogP contribution < -0.4 is 20.1 Å². The first-order chi connectivity index (χ1) is 16.4. The van der Waals surface area contributed by atoms with Crippen molar-refractivity contribution in [2.45, 2.75) is 25.9 Å². The fourth-order valence-electron chi connectivity index (χ4n) is 3.27. The number of rotatable bonds is 9. The third-order valence-corrected chi connectivity index (χ3v) is 4.97. The molecule has 1 saturated heterocycles. The number of urea groups is 1. The number of barbiturate groups is 1. The number of imide groups is 2. The van der Waals surface area contributed by atoms with Gasteiger partial charge in [0.25, 0.3) is 17.4 Å². The zero-order valence-corrected chi connectivity index (χ0v) is 18.5. The summed E-state index contributed by atoms with van der Waals surface area (Å²) in [4.78, 5) is 36.6. The van der Waals surface area contributed by atoms with Gasteiger partial charge in [0.1, 0.15) is 17.2 Å². The molecule has 1 aromatic heterocycles. The molecule has 34 heavy (non-hydrogen) atoms. The minimum Gasteiger partial charge on any atom is -0.467 e. The SMILES string of the molecule is CCOCCC1(Oc2ccc(Oc3ccc(-c4nnc(C)o4)cc3)cc2)C(=O)NC(=O)NC1=O. The van der Waals surface area contributed by atoms with Crippen LogP contribution >= 0.6 is 0 Å². The predicted molar refractivity (Wildman–Crippen MR) is 117 cm³/mol. The molecule has 11 nitrogen and oxygen atoms in total. The number of hydrogen-bond donors (Lipinski definition) is 2. The van der Waals surface area contributed by atoms with Crippen molar-refractivity contribution in [3.8, 4) is 28.7 Å². The molecule has 0 bridgehead atoms. The Kier molecular flexibility index (Phi) is 6.55. The molecular weight excluding hydrogens is 444 g/mol. The number of aromatic nitrogens is 2. The lowest BCUT2D eigenvalue weighted by Crippen LogP contribution is -2.69. The molecule has 2 heterocycles. The van der Waals surface area contributed by atoms with Crippen LogP contribution in [0.25, 0.3) is 11.5 Å². The first kappa shape index (κ1) is 22.9. The number of benzene rings is 2. The quantitative estimate of drug-likeness (QED) is 0.359. The van der Waals surface area contributed by atoms with Crippen molar-refractivity contribution < 1.29 is 33.0 Å². The van der Waals surface area contributed by atoms with Crippen LogP contribution in [-0.4, -0.2) is 46.9 Å². The molecule has 0 unspecified atom stereocenters. The smallest absolute Gasteiger partial charge is 0.328 e. The number of carbonyl (C=O) groups excluding carboxylic acids is 3. The maximum Gasteiger partial charge on any atom is 0.328 e. The van der Waals surface area contributed by atoms with Crippen molar-refractivity contribution in [3.63, 3.8) is 0 Å². The molecule has 1 aliphatic rings. The van der Waals surface area contributed by atoms with Gasteiger partial charge in [-0.15, -0.1) is 10.2 Å². The second kappa shape index (κ2) is 9.71. The number of nitrogens with one attached hydrogen (secondary N) is 2. The van der Waals surface area contributed by atoms with Crippen molar-refractivity contribution in [2.24, 2.45) is 0 Å². The highest BCUT2D eigenvalue weighted by atomic mass is 16.5. The Bertz CT molecular complexity index is 1170. The van der Waals surface area contributed by atoms with Crippen molar-refractivity contribution in [3.05, 3.63) is 54.4 Å². The molecule has 4 rings (SSSR count). The second-order valence-corrected chi connectivity index (χ2v) is 7.34. The molecule has 0 saturated carbocycles. The highest BCUT2D eigenvalue weighted by molar-refractivity contribution is 6.21. The summed E-state index contributed by atoms with van der Waals surface area (Å²) in [5, 5.41) is 11.9. The summed E-state index contributed by atoms with van der Waals surface area (Å²) in [5.41, 5.74) is -1.18. The van der Waals surface area contributed by atoms with Gasteiger partial charge in [0.05, 0.1) is 6.61 Å². The summed E-state index contributed by atoms with van der Waals surface area (Å²) in [5.74, 6) is 0.519. The van der Waals surface area contributed by atoms with Gasteiger partial charge in [-0.1, -0.05) is 0 Å². The van der Waals surface area contributed by atoms with E-state index in [4.69, 9.17) is 18.6 Å². The molecule has 2 aromatic carbocycles. The van der Waals surface area contributed by atoms with Gasteiger partial charge < -0.3 is 18.6 Å². The van der Waals surface area contributed by atoms with Gasteiger partial charge in [0.15, 0.2) is 0 Å². The molecule has 11 heteroatoms. The van der Waals surface area contributed by atoms with E-state index in [9.17, 15) is 14.4 Å². The number of aryl methyl sites for hydroxylation is 1. The zero-order chi connectivity index (χ0) is 24.1. The molecule has 0 atom stereocenters. The molecule has 2 N–H and O–H groups in total. The normalized spacial score (nSPS) is 14.9. The van der Waals surface area contributed by atoms with Gasteiger partial charge in [-0.2, -0.15) is 0 Å². The third-order valence-electron chi connectivity index (χ3n) is 4.97. The Balaban J connectivity index is 1.46. The molecule has 0 aliphatic carbocycles. The first-order valence-electron chi connectivity index (χ1n) is 10.5. The molecule has 0 spiro atoms. The summed E-state index contributed by atoms with van der Waals surface area (Å²) in [6, 6.07) is 12.6. The van der Waals surface area contributed by atoms with Crippen LogP contribution in [0.3, 0.4) is 0 Å². The average Bonchev–Trinajstić information content (AvgIpc) is 3.25. The van der Waals surface area contributed by atoms with Crippen LogP contribution in [0.15, 0.2) is 52.9 Å². The summed E-state index contributed by atoms with van der Waals surface area (Å²) >= 11 is 0. The minimum absolute atomic E-state index is 0.0735. The molecule has 1 aliphatic heterocycles. The van der Waals surface area contributed by atoms with Gasteiger partial charge in [-0.25, -0.2) is 4.79 Å². The molecule has 3 aromatic rings. The predicted octanol–water partition coefficient (Wildman–Crippen LogP) is 2.75. The average molecular weight is 466 g/mol. The Morgan fingerprint density at radius 2 is 1.47 bits per heavy atom. The van der Waals surface area contributed by atoms with E-state index in [1.807, 2.05) is 0 Å². The molecular formula is C23H22N4O7. The fourth-order valence-corrected chi connectivity index (χ4v) is 3.27. The van der Waals surface area contributed by atoms with Crippen LogP contribution in [0.4, 0.5) is 4.79 Å². The number of nitrogens with zero attached hydrogens (tertiary/aromatic N) is 2. The van der Waals surface area contributed by atoms with Gasteiger partial charge >= 0.3 is 6.03 Å². The largest absolute Gasteiger partial charge is 0.467 e. The zero-order valence-electron chi connectivity index (χ0n) is 18.5. The summed E-state index contributed by atoms with van der Waals surface area (Å²) in [6.45, 7) is 4.00. The van der Waals surface area contributed by atoms with E-state index in [1.165, 1.54) is 0 Å². The Labute approximate surface area is 194 Å². The van der Waals surface area contributed by atoms with Crippen LogP contribution in [0.2, 0.25) is 0 Å². The lowest BCUT2D eigenvalue weighted by molar-refractivity contribution is -0.153. The molecule has 0 radical (unpaired) electrons. The topological polar surface area (TPSA) is 142 Å². The van der Waals surface area contributed by atoms with Crippen LogP contribution in [0.5, 0.6) is 17.2 Å². The Morgan fingerprint density at radius 1 is 0.882 bits per heavy atom. The molecule has 4 amide bonds. The Morgan fingerprint density at radius 3 is 2.03 bits per heavy atom. The Hall–Kier alpha value is -4.25. The van der Waals surface area contributed by atoms with Gasteiger partial charge in [0.2, 0.25) is 11.8 Å². The summed E-state index contributed by atoms with van der Waals surface area (Å²) < 4.78 is 22.3. The standard InChI is InChI=1S/C23H22N4O7/c1-3-31-13-12-23(20(28)24-22(30)25-21(23)29)34-18-10-8-17(9-11-18)33-16-6-4-15(5-7-16)19-27-26-14(2)32-19/h4-11H,3,12-13H2,1-2H3,(H2,24,25,28,29,30). The molecule has 1 fully saturated rings. The lowest BCUT2D eigenvalue weighted by atomic mass is 9.95. The second-order valence-electron chi connectivity index (χ2n) is 7.34.